The van der Waals surface area contributed by atoms with Crippen molar-refractivity contribution in [3.63, 3.8) is 0 Å². The molecule has 0 amide bonds. The summed E-state index contributed by atoms with van der Waals surface area (Å²) in [5.41, 5.74) is 1.47. The van der Waals surface area contributed by atoms with E-state index in [0.717, 1.165) is 5.69 Å². The lowest BCUT2D eigenvalue weighted by Crippen LogP contribution is -1.94. The van der Waals surface area contributed by atoms with Crippen LogP contribution in [0.2, 0.25) is 0 Å². The quantitative estimate of drug-likeness (QED) is 0.764. The van der Waals surface area contributed by atoms with E-state index in [-0.39, 0.29) is 5.82 Å². The summed E-state index contributed by atoms with van der Waals surface area (Å²) in [6.45, 7) is 1.74. The number of rotatable bonds is 1. The summed E-state index contributed by atoms with van der Waals surface area (Å²) in [6.07, 6.45) is 0. The Kier molecular flexibility index (Phi) is 2.49. The Morgan fingerprint density at radius 1 is 1.45 bits per heavy atom. The number of anilines is 1. The van der Waals surface area contributed by atoms with Crippen molar-refractivity contribution in [2.24, 2.45) is 0 Å². The second-order valence-electron chi connectivity index (χ2n) is 2.28. The van der Waals surface area contributed by atoms with Gasteiger partial charge in [-0.15, -0.1) is 0 Å². The molecule has 1 N–H and O–H groups in total. The first-order valence-electron chi connectivity index (χ1n) is 3.29. The van der Waals surface area contributed by atoms with Crippen molar-refractivity contribution in [1.82, 2.24) is 0 Å². The Morgan fingerprint density at radius 2 is 2.09 bits per heavy atom. The highest BCUT2D eigenvalue weighted by atomic mass is 79.9. The molecule has 0 atom stereocenters. The lowest BCUT2D eigenvalue weighted by Gasteiger charge is -2.06. The minimum atomic E-state index is -0.197. The van der Waals surface area contributed by atoms with Gasteiger partial charge in [0.25, 0.3) is 0 Å². The molecule has 0 aliphatic rings. The molecule has 0 saturated heterocycles. The molecule has 0 unspecified atom stereocenters. The standard InChI is InChI=1S/C8H9BrFN/c1-5-7(11-2)4-3-6(9)8(5)10/h3-4,11H,1-2H3. The maximum Gasteiger partial charge on any atom is 0.142 e. The van der Waals surface area contributed by atoms with Gasteiger partial charge in [0.1, 0.15) is 5.82 Å². The molecule has 0 spiro atoms. The van der Waals surface area contributed by atoms with Gasteiger partial charge in [-0.1, -0.05) is 0 Å². The molecule has 0 heterocycles. The fourth-order valence-electron chi connectivity index (χ4n) is 0.923. The van der Waals surface area contributed by atoms with Gasteiger partial charge in [0.2, 0.25) is 0 Å². The van der Waals surface area contributed by atoms with Crippen LogP contribution in [0.25, 0.3) is 0 Å². The fraction of sp³-hybridized carbons (Fsp3) is 0.250. The van der Waals surface area contributed by atoms with Gasteiger partial charge in [-0.05, 0) is 35.0 Å². The molecule has 0 aromatic heterocycles. The summed E-state index contributed by atoms with van der Waals surface area (Å²) in [5, 5.41) is 2.90. The predicted octanol–water partition coefficient (Wildman–Crippen LogP) is 2.94. The monoisotopic (exact) mass is 217 g/mol. The van der Waals surface area contributed by atoms with Crippen LogP contribution in [0.4, 0.5) is 10.1 Å². The number of benzene rings is 1. The molecule has 1 rings (SSSR count). The van der Waals surface area contributed by atoms with E-state index in [1.807, 2.05) is 6.07 Å². The van der Waals surface area contributed by atoms with E-state index in [9.17, 15) is 4.39 Å². The molecule has 0 radical (unpaired) electrons. The van der Waals surface area contributed by atoms with E-state index in [2.05, 4.69) is 21.2 Å². The van der Waals surface area contributed by atoms with Crippen LogP contribution >= 0.6 is 15.9 Å². The summed E-state index contributed by atoms with van der Waals surface area (Å²) < 4.78 is 13.6. The Morgan fingerprint density at radius 3 is 2.64 bits per heavy atom. The van der Waals surface area contributed by atoms with E-state index in [1.165, 1.54) is 0 Å². The van der Waals surface area contributed by atoms with Gasteiger partial charge in [-0.25, -0.2) is 4.39 Å². The molecule has 1 aromatic rings. The van der Waals surface area contributed by atoms with Crippen LogP contribution in [-0.2, 0) is 0 Å². The average Bonchev–Trinajstić information content (AvgIpc) is 2.01. The van der Waals surface area contributed by atoms with Gasteiger partial charge < -0.3 is 5.32 Å². The zero-order chi connectivity index (χ0) is 8.43. The largest absolute Gasteiger partial charge is 0.388 e. The topological polar surface area (TPSA) is 12.0 Å². The first-order chi connectivity index (χ1) is 5.16. The molecule has 1 aromatic carbocycles. The van der Waals surface area contributed by atoms with Gasteiger partial charge in [-0.3, -0.25) is 0 Å². The van der Waals surface area contributed by atoms with Crippen molar-refractivity contribution in [2.45, 2.75) is 6.92 Å². The molecule has 0 saturated carbocycles. The van der Waals surface area contributed by atoms with Crippen molar-refractivity contribution in [2.75, 3.05) is 12.4 Å². The first-order valence-corrected chi connectivity index (χ1v) is 4.08. The highest BCUT2D eigenvalue weighted by molar-refractivity contribution is 9.10. The fourth-order valence-corrected chi connectivity index (χ4v) is 1.35. The van der Waals surface area contributed by atoms with Gasteiger partial charge in [-0.2, -0.15) is 0 Å². The second kappa shape index (κ2) is 3.22. The van der Waals surface area contributed by atoms with Crippen molar-refractivity contribution in [3.8, 4) is 0 Å². The summed E-state index contributed by atoms with van der Waals surface area (Å²) in [7, 11) is 1.77. The van der Waals surface area contributed by atoms with Gasteiger partial charge in [0.15, 0.2) is 0 Å². The van der Waals surface area contributed by atoms with E-state index in [1.54, 1.807) is 20.0 Å². The third kappa shape index (κ3) is 1.53. The summed E-state index contributed by atoms with van der Waals surface area (Å²) >= 11 is 3.11. The molecule has 0 fully saturated rings. The molecule has 0 aliphatic heterocycles. The van der Waals surface area contributed by atoms with Gasteiger partial charge >= 0.3 is 0 Å². The van der Waals surface area contributed by atoms with Crippen LogP contribution < -0.4 is 5.32 Å². The Labute approximate surface area is 73.7 Å². The zero-order valence-corrected chi connectivity index (χ0v) is 8.00. The van der Waals surface area contributed by atoms with Crippen LogP contribution in [-0.4, -0.2) is 7.05 Å². The zero-order valence-electron chi connectivity index (χ0n) is 6.41. The van der Waals surface area contributed by atoms with E-state index < -0.39 is 0 Å². The van der Waals surface area contributed by atoms with Crippen molar-refractivity contribution in [3.05, 3.63) is 28.0 Å². The van der Waals surface area contributed by atoms with Crippen molar-refractivity contribution >= 4 is 21.6 Å². The van der Waals surface area contributed by atoms with Crippen LogP contribution in [0.1, 0.15) is 5.56 Å². The third-order valence-electron chi connectivity index (χ3n) is 1.61. The van der Waals surface area contributed by atoms with Crippen LogP contribution in [0, 0.1) is 12.7 Å². The van der Waals surface area contributed by atoms with Crippen LogP contribution in [0.3, 0.4) is 0 Å². The molecular weight excluding hydrogens is 209 g/mol. The summed E-state index contributed by atoms with van der Waals surface area (Å²) in [6, 6.07) is 3.52. The lowest BCUT2D eigenvalue weighted by atomic mass is 10.2. The minimum absolute atomic E-state index is 0.197. The molecule has 60 valence electrons. The molecular formula is C8H9BrFN. The summed E-state index contributed by atoms with van der Waals surface area (Å²) in [5.74, 6) is -0.197. The number of hydrogen-bond donors (Lipinski definition) is 1. The third-order valence-corrected chi connectivity index (χ3v) is 2.22. The van der Waals surface area contributed by atoms with Crippen LogP contribution in [0.5, 0.6) is 0 Å². The normalized spacial score (nSPS) is 9.82. The first kappa shape index (κ1) is 8.53. The van der Waals surface area contributed by atoms with Gasteiger partial charge in [0.05, 0.1) is 4.47 Å². The highest BCUT2D eigenvalue weighted by Crippen LogP contribution is 2.24. The lowest BCUT2D eigenvalue weighted by molar-refractivity contribution is 0.612. The van der Waals surface area contributed by atoms with E-state index >= 15 is 0 Å². The average molecular weight is 218 g/mol. The van der Waals surface area contributed by atoms with Crippen LogP contribution in [0.15, 0.2) is 16.6 Å². The number of hydrogen-bond acceptors (Lipinski definition) is 1. The Balaban J connectivity index is 3.25. The molecule has 11 heavy (non-hydrogen) atoms. The maximum atomic E-state index is 13.1. The predicted molar refractivity (Wildman–Crippen MR) is 48.4 cm³/mol. The Bertz CT molecular complexity index is 273. The number of nitrogens with one attached hydrogen (secondary N) is 1. The summed E-state index contributed by atoms with van der Waals surface area (Å²) in [4.78, 5) is 0. The molecule has 1 nitrogen and oxygen atoms in total. The van der Waals surface area contributed by atoms with E-state index in [0.29, 0.717) is 10.0 Å². The molecule has 0 bridgehead atoms. The Hall–Kier alpha value is -0.570. The number of halogens is 2. The smallest absolute Gasteiger partial charge is 0.142 e. The van der Waals surface area contributed by atoms with Crippen molar-refractivity contribution in [1.29, 1.82) is 0 Å². The highest BCUT2D eigenvalue weighted by Gasteiger charge is 2.05. The van der Waals surface area contributed by atoms with E-state index in [4.69, 9.17) is 0 Å². The van der Waals surface area contributed by atoms with Gasteiger partial charge in [0, 0.05) is 18.3 Å². The molecule has 0 aliphatic carbocycles. The maximum absolute atomic E-state index is 13.1. The SMILES string of the molecule is CNc1ccc(Br)c(F)c1C. The van der Waals surface area contributed by atoms with Crippen molar-refractivity contribution < 1.29 is 4.39 Å². The molecule has 3 heteroatoms. The minimum Gasteiger partial charge on any atom is -0.388 e. The second-order valence-corrected chi connectivity index (χ2v) is 3.14.